The lowest BCUT2D eigenvalue weighted by Gasteiger charge is -2.13. The fourth-order valence-corrected chi connectivity index (χ4v) is 3.19. The van der Waals surface area contributed by atoms with Crippen LogP contribution in [0.4, 0.5) is 5.69 Å². The lowest BCUT2D eigenvalue weighted by Crippen LogP contribution is -2.33. The van der Waals surface area contributed by atoms with Crippen LogP contribution in [-0.2, 0) is 0 Å². The van der Waals surface area contributed by atoms with Gasteiger partial charge in [0.05, 0.1) is 12.8 Å². The van der Waals surface area contributed by atoms with Crippen LogP contribution in [0.25, 0.3) is 10.1 Å². The highest BCUT2D eigenvalue weighted by atomic mass is 32.1. The van der Waals surface area contributed by atoms with Gasteiger partial charge in [-0.05, 0) is 31.0 Å². The second-order valence-corrected chi connectivity index (χ2v) is 5.75. The van der Waals surface area contributed by atoms with E-state index in [9.17, 15) is 4.79 Å². The predicted molar refractivity (Wildman–Crippen MR) is 84.6 cm³/mol. The molecule has 1 amide bonds. The molecule has 0 radical (unpaired) electrons. The van der Waals surface area contributed by atoms with Crippen LogP contribution in [0.15, 0.2) is 18.2 Å². The van der Waals surface area contributed by atoms with Crippen LogP contribution in [0.3, 0.4) is 0 Å². The fraction of sp³-hybridized carbons (Fsp3) is 0.400. The van der Waals surface area contributed by atoms with E-state index >= 15 is 0 Å². The summed E-state index contributed by atoms with van der Waals surface area (Å²) < 4.78 is 6.17. The number of nitrogens with two attached hydrogens (primary N) is 1. The number of ether oxygens (including phenoxy) is 1. The molecule has 0 unspecified atom stereocenters. The maximum atomic E-state index is 12.3. The Balaban J connectivity index is 2.34. The summed E-state index contributed by atoms with van der Waals surface area (Å²) in [6.07, 6.45) is 1.84. The number of fused-ring (bicyclic) bond motifs is 1. The molecule has 2 aromatic rings. The molecule has 0 atom stereocenters. The van der Waals surface area contributed by atoms with Crippen molar-refractivity contribution < 1.29 is 9.53 Å². The molecule has 0 spiro atoms. The number of hydrogen-bond acceptors (Lipinski definition) is 4. The van der Waals surface area contributed by atoms with Crippen molar-refractivity contribution in [2.45, 2.75) is 32.7 Å². The van der Waals surface area contributed by atoms with E-state index in [4.69, 9.17) is 10.5 Å². The summed E-state index contributed by atoms with van der Waals surface area (Å²) in [5.41, 5.74) is 6.65. The maximum absolute atomic E-state index is 12.3. The van der Waals surface area contributed by atoms with Crippen LogP contribution in [0.2, 0.25) is 0 Å². The molecule has 0 fully saturated rings. The van der Waals surface area contributed by atoms with Gasteiger partial charge in [0.15, 0.2) is 0 Å². The van der Waals surface area contributed by atoms with Gasteiger partial charge >= 0.3 is 0 Å². The molecule has 20 heavy (non-hydrogen) atoms. The zero-order valence-corrected chi connectivity index (χ0v) is 12.8. The molecule has 0 aliphatic heterocycles. The van der Waals surface area contributed by atoms with Crippen LogP contribution in [0, 0.1) is 0 Å². The first-order valence-electron chi connectivity index (χ1n) is 6.77. The third-order valence-corrected chi connectivity index (χ3v) is 4.63. The summed E-state index contributed by atoms with van der Waals surface area (Å²) in [6.45, 7) is 4.13. The number of carbonyl (C=O) groups excluding carboxylic acids is 1. The van der Waals surface area contributed by atoms with Gasteiger partial charge in [-0.15, -0.1) is 11.3 Å². The third-order valence-electron chi connectivity index (χ3n) is 3.46. The Kier molecular flexibility index (Phi) is 4.49. The summed E-state index contributed by atoms with van der Waals surface area (Å²) in [4.78, 5) is 12.9. The van der Waals surface area contributed by atoms with Gasteiger partial charge in [0.1, 0.15) is 10.6 Å². The molecule has 0 aliphatic carbocycles. The van der Waals surface area contributed by atoms with Crippen LogP contribution < -0.4 is 15.8 Å². The van der Waals surface area contributed by atoms with E-state index in [1.807, 2.05) is 18.2 Å². The average molecular weight is 292 g/mol. The van der Waals surface area contributed by atoms with Crippen molar-refractivity contribution in [1.29, 1.82) is 0 Å². The molecule has 0 saturated carbocycles. The lowest BCUT2D eigenvalue weighted by atomic mass is 10.1. The van der Waals surface area contributed by atoms with Crippen molar-refractivity contribution in [2.24, 2.45) is 0 Å². The van der Waals surface area contributed by atoms with Gasteiger partial charge < -0.3 is 15.8 Å². The number of rotatable bonds is 5. The minimum atomic E-state index is -0.0867. The summed E-state index contributed by atoms with van der Waals surface area (Å²) >= 11 is 1.41. The smallest absolute Gasteiger partial charge is 0.263 e. The Bertz CT molecular complexity index is 618. The van der Waals surface area contributed by atoms with Crippen LogP contribution in [-0.4, -0.2) is 19.1 Å². The maximum Gasteiger partial charge on any atom is 0.263 e. The van der Waals surface area contributed by atoms with Gasteiger partial charge in [-0.25, -0.2) is 0 Å². The molecule has 1 aromatic carbocycles. The number of thiophene rings is 1. The van der Waals surface area contributed by atoms with E-state index in [0.717, 1.165) is 28.7 Å². The highest BCUT2D eigenvalue weighted by molar-refractivity contribution is 7.21. The molecule has 108 valence electrons. The number of nitrogens with one attached hydrogen (secondary N) is 1. The van der Waals surface area contributed by atoms with Crippen molar-refractivity contribution in [2.75, 3.05) is 12.8 Å². The lowest BCUT2D eigenvalue weighted by molar-refractivity contribution is 0.0940. The molecule has 5 heteroatoms. The largest absolute Gasteiger partial charge is 0.497 e. The molecular weight excluding hydrogens is 272 g/mol. The highest BCUT2D eigenvalue weighted by Gasteiger charge is 2.18. The van der Waals surface area contributed by atoms with Gasteiger partial charge in [-0.3, -0.25) is 4.79 Å². The normalized spacial score (nSPS) is 11.0. The molecule has 1 aromatic heterocycles. The monoisotopic (exact) mass is 292 g/mol. The molecule has 0 saturated heterocycles. The molecule has 2 rings (SSSR count). The minimum Gasteiger partial charge on any atom is -0.497 e. The Hall–Kier alpha value is -1.75. The number of methoxy groups -OCH3 is 1. The molecule has 1 heterocycles. The van der Waals surface area contributed by atoms with Gasteiger partial charge in [-0.2, -0.15) is 0 Å². The van der Waals surface area contributed by atoms with Crippen molar-refractivity contribution in [3.05, 3.63) is 23.1 Å². The van der Waals surface area contributed by atoms with Crippen molar-refractivity contribution in [1.82, 2.24) is 5.32 Å². The predicted octanol–water partition coefficient (Wildman–Crippen LogP) is 3.41. The zero-order valence-electron chi connectivity index (χ0n) is 12.0. The highest BCUT2D eigenvalue weighted by Crippen LogP contribution is 2.35. The first kappa shape index (κ1) is 14.7. The van der Waals surface area contributed by atoms with Crippen LogP contribution in [0.1, 0.15) is 36.4 Å². The molecule has 0 aliphatic rings. The Morgan fingerprint density at radius 3 is 2.70 bits per heavy atom. The van der Waals surface area contributed by atoms with Crippen molar-refractivity contribution >= 4 is 33.0 Å². The average Bonchev–Trinajstić information content (AvgIpc) is 2.81. The van der Waals surface area contributed by atoms with E-state index in [1.54, 1.807) is 7.11 Å². The van der Waals surface area contributed by atoms with E-state index in [0.29, 0.717) is 10.6 Å². The number of benzene rings is 1. The van der Waals surface area contributed by atoms with Crippen molar-refractivity contribution in [3.63, 3.8) is 0 Å². The molecule has 4 nitrogen and oxygen atoms in total. The van der Waals surface area contributed by atoms with Gasteiger partial charge in [0, 0.05) is 16.1 Å². The van der Waals surface area contributed by atoms with E-state index in [-0.39, 0.29) is 11.9 Å². The Morgan fingerprint density at radius 1 is 1.40 bits per heavy atom. The number of carbonyl (C=O) groups is 1. The number of amides is 1. The summed E-state index contributed by atoms with van der Waals surface area (Å²) in [5.74, 6) is 0.682. The van der Waals surface area contributed by atoms with Crippen LogP contribution >= 0.6 is 11.3 Å². The summed E-state index contributed by atoms with van der Waals surface area (Å²) in [7, 11) is 1.62. The fourth-order valence-electron chi connectivity index (χ4n) is 2.14. The van der Waals surface area contributed by atoms with Gasteiger partial charge in [0.25, 0.3) is 5.91 Å². The zero-order chi connectivity index (χ0) is 14.7. The number of anilines is 1. The number of hydrogen-bond donors (Lipinski definition) is 2. The molecule has 0 bridgehead atoms. The topological polar surface area (TPSA) is 64.3 Å². The second kappa shape index (κ2) is 6.13. The summed E-state index contributed by atoms with van der Waals surface area (Å²) in [5, 5.41) is 3.93. The first-order chi connectivity index (χ1) is 9.60. The first-order valence-corrected chi connectivity index (χ1v) is 7.59. The molecular formula is C15H20N2O2S. The van der Waals surface area contributed by atoms with Crippen molar-refractivity contribution in [3.8, 4) is 5.75 Å². The third kappa shape index (κ3) is 2.72. The molecule has 3 N–H and O–H groups in total. The Morgan fingerprint density at radius 2 is 2.10 bits per heavy atom. The van der Waals surface area contributed by atoms with Crippen LogP contribution in [0.5, 0.6) is 5.75 Å². The van der Waals surface area contributed by atoms with E-state index in [2.05, 4.69) is 19.2 Å². The van der Waals surface area contributed by atoms with Gasteiger partial charge in [0.2, 0.25) is 0 Å². The summed E-state index contributed by atoms with van der Waals surface area (Å²) in [6, 6.07) is 5.85. The number of nitrogen functional groups attached to an aromatic ring is 1. The SMILES string of the molecule is CCC(CC)NC(=O)c1sc2cc(OC)ccc2c1N. The standard InChI is InChI=1S/C15H20N2O2S/c1-4-9(5-2)17-15(18)14-13(16)11-7-6-10(19-3)8-12(11)20-14/h6-9H,4-5,16H2,1-3H3,(H,17,18). The minimum absolute atomic E-state index is 0.0867. The van der Waals surface area contributed by atoms with E-state index < -0.39 is 0 Å². The Labute approximate surface area is 122 Å². The van der Waals surface area contributed by atoms with Gasteiger partial charge in [-0.1, -0.05) is 13.8 Å². The second-order valence-electron chi connectivity index (χ2n) is 4.69. The quantitative estimate of drug-likeness (QED) is 0.887. The van der Waals surface area contributed by atoms with E-state index in [1.165, 1.54) is 11.3 Å².